The highest BCUT2D eigenvalue weighted by Gasteiger charge is 2.22. The lowest BCUT2D eigenvalue weighted by molar-refractivity contribution is 0.271. The zero-order valence-corrected chi connectivity index (χ0v) is 8.52. The minimum Gasteiger partial charge on any atom is -0.325 e. The summed E-state index contributed by atoms with van der Waals surface area (Å²) < 4.78 is 0. The SMILES string of the molecule is CC(C)C(C)(N)CCN(C)C. The Morgan fingerprint density at radius 1 is 1.36 bits per heavy atom. The van der Waals surface area contributed by atoms with E-state index in [-0.39, 0.29) is 5.54 Å². The molecule has 0 aliphatic carbocycles. The van der Waals surface area contributed by atoms with Gasteiger partial charge in [0.2, 0.25) is 0 Å². The van der Waals surface area contributed by atoms with E-state index < -0.39 is 0 Å². The molecular formula is C9H22N2. The smallest absolute Gasteiger partial charge is 0.0161 e. The summed E-state index contributed by atoms with van der Waals surface area (Å²) >= 11 is 0. The average molecular weight is 158 g/mol. The summed E-state index contributed by atoms with van der Waals surface area (Å²) in [6.07, 6.45) is 1.07. The molecule has 1 unspecified atom stereocenters. The topological polar surface area (TPSA) is 29.3 Å². The Morgan fingerprint density at radius 3 is 2.09 bits per heavy atom. The van der Waals surface area contributed by atoms with Crippen molar-refractivity contribution in [3.8, 4) is 0 Å². The summed E-state index contributed by atoms with van der Waals surface area (Å²) in [5.74, 6) is 0.558. The highest BCUT2D eigenvalue weighted by atomic mass is 15.1. The Kier molecular flexibility index (Phi) is 4.04. The van der Waals surface area contributed by atoms with E-state index in [9.17, 15) is 0 Å². The predicted molar refractivity (Wildman–Crippen MR) is 50.6 cm³/mol. The van der Waals surface area contributed by atoms with Gasteiger partial charge in [-0.05, 0) is 39.9 Å². The average Bonchev–Trinajstić information content (AvgIpc) is 1.84. The van der Waals surface area contributed by atoms with Crippen LogP contribution in [0.25, 0.3) is 0 Å². The van der Waals surface area contributed by atoms with E-state index in [4.69, 9.17) is 5.73 Å². The maximum Gasteiger partial charge on any atom is 0.0161 e. The van der Waals surface area contributed by atoms with Gasteiger partial charge in [0.05, 0.1) is 0 Å². The van der Waals surface area contributed by atoms with Crippen molar-refractivity contribution in [3.05, 3.63) is 0 Å². The van der Waals surface area contributed by atoms with Gasteiger partial charge < -0.3 is 10.6 Å². The molecule has 0 radical (unpaired) electrons. The Balaban J connectivity index is 3.73. The van der Waals surface area contributed by atoms with Gasteiger partial charge in [-0.25, -0.2) is 0 Å². The summed E-state index contributed by atoms with van der Waals surface area (Å²) in [6.45, 7) is 7.55. The monoisotopic (exact) mass is 158 g/mol. The van der Waals surface area contributed by atoms with Crippen LogP contribution >= 0.6 is 0 Å². The lowest BCUT2D eigenvalue weighted by Gasteiger charge is -2.30. The van der Waals surface area contributed by atoms with Crippen LogP contribution in [0, 0.1) is 5.92 Å². The van der Waals surface area contributed by atoms with Crippen molar-refractivity contribution in [1.82, 2.24) is 4.90 Å². The van der Waals surface area contributed by atoms with Crippen molar-refractivity contribution in [2.45, 2.75) is 32.7 Å². The minimum atomic E-state index is -0.00965. The molecule has 0 rings (SSSR count). The second kappa shape index (κ2) is 4.07. The first-order valence-electron chi connectivity index (χ1n) is 4.30. The maximum atomic E-state index is 6.08. The van der Waals surface area contributed by atoms with Crippen LogP contribution in [0.2, 0.25) is 0 Å². The molecule has 0 bridgehead atoms. The molecule has 0 aromatic carbocycles. The molecular weight excluding hydrogens is 136 g/mol. The third-order valence-electron chi connectivity index (χ3n) is 2.42. The summed E-state index contributed by atoms with van der Waals surface area (Å²) in [4.78, 5) is 2.17. The van der Waals surface area contributed by atoms with Crippen molar-refractivity contribution in [2.75, 3.05) is 20.6 Å². The van der Waals surface area contributed by atoms with Crippen molar-refractivity contribution in [3.63, 3.8) is 0 Å². The summed E-state index contributed by atoms with van der Waals surface area (Å²) in [7, 11) is 4.16. The Hall–Kier alpha value is -0.0800. The third kappa shape index (κ3) is 4.38. The highest BCUT2D eigenvalue weighted by Crippen LogP contribution is 2.16. The Labute approximate surface area is 70.8 Å². The quantitative estimate of drug-likeness (QED) is 0.668. The number of rotatable bonds is 4. The largest absolute Gasteiger partial charge is 0.325 e. The van der Waals surface area contributed by atoms with Gasteiger partial charge in [0.1, 0.15) is 0 Å². The van der Waals surface area contributed by atoms with Crippen LogP contribution in [-0.4, -0.2) is 31.1 Å². The summed E-state index contributed by atoms with van der Waals surface area (Å²) in [6, 6.07) is 0. The Morgan fingerprint density at radius 2 is 1.82 bits per heavy atom. The fourth-order valence-electron chi connectivity index (χ4n) is 0.753. The Bertz CT molecular complexity index is 106. The van der Waals surface area contributed by atoms with E-state index in [2.05, 4.69) is 39.8 Å². The van der Waals surface area contributed by atoms with E-state index in [1.807, 2.05) is 0 Å². The zero-order chi connectivity index (χ0) is 9.07. The molecule has 2 nitrogen and oxygen atoms in total. The molecule has 2 N–H and O–H groups in total. The van der Waals surface area contributed by atoms with Crippen LogP contribution in [-0.2, 0) is 0 Å². The normalized spacial score (nSPS) is 17.5. The second-order valence-corrected chi connectivity index (χ2v) is 4.21. The zero-order valence-electron chi connectivity index (χ0n) is 8.52. The van der Waals surface area contributed by atoms with Gasteiger partial charge in [0.15, 0.2) is 0 Å². The van der Waals surface area contributed by atoms with Crippen molar-refractivity contribution in [2.24, 2.45) is 11.7 Å². The molecule has 0 aromatic heterocycles. The van der Waals surface area contributed by atoms with Crippen LogP contribution in [0.1, 0.15) is 27.2 Å². The van der Waals surface area contributed by atoms with Gasteiger partial charge in [-0.2, -0.15) is 0 Å². The molecule has 68 valence electrons. The molecule has 0 saturated carbocycles. The van der Waals surface area contributed by atoms with Crippen LogP contribution in [0.15, 0.2) is 0 Å². The molecule has 0 saturated heterocycles. The van der Waals surface area contributed by atoms with Crippen LogP contribution in [0.4, 0.5) is 0 Å². The number of hydrogen-bond donors (Lipinski definition) is 1. The second-order valence-electron chi connectivity index (χ2n) is 4.21. The lowest BCUT2D eigenvalue weighted by atomic mass is 9.86. The standard InChI is InChI=1S/C9H22N2/c1-8(2)9(3,10)6-7-11(4)5/h8H,6-7,10H2,1-5H3. The molecule has 0 fully saturated rings. The number of hydrogen-bond acceptors (Lipinski definition) is 2. The first kappa shape index (κ1) is 10.9. The molecule has 0 amide bonds. The maximum absolute atomic E-state index is 6.08. The molecule has 0 spiro atoms. The van der Waals surface area contributed by atoms with Gasteiger partial charge in [0.25, 0.3) is 0 Å². The summed E-state index contributed by atoms with van der Waals surface area (Å²) in [5, 5.41) is 0. The minimum absolute atomic E-state index is 0.00965. The van der Waals surface area contributed by atoms with Crippen LogP contribution in [0.5, 0.6) is 0 Å². The highest BCUT2D eigenvalue weighted by molar-refractivity contribution is 4.82. The van der Waals surface area contributed by atoms with Crippen molar-refractivity contribution >= 4 is 0 Å². The first-order chi connectivity index (χ1) is 4.86. The van der Waals surface area contributed by atoms with E-state index in [0.29, 0.717) is 5.92 Å². The molecule has 0 aromatic rings. The molecule has 0 heterocycles. The van der Waals surface area contributed by atoms with Crippen LogP contribution in [0.3, 0.4) is 0 Å². The number of nitrogens with zero attached hydrogens (tertiary/aromatic N) is 1. The van der Waals surface area contributed by atoms with Gasteiger partial charge in [-0.1, -0.05) is 13.8 Å². The molecule has 1 atom stereocenters. The van der Waals surface area contributed by atoms with E-state index >= 15 is 0 Å². The van der Waals surface area contributed by atoms with Gasteiger partial charge in [-0.3, -0.25) is 0 Å². The van der Waals surface area contributed by atoms with Crippen LogP contribution < -0.4 is 5.73 Å². The van der Waals surface area contributed by atoms with Gasteiger partial charge >= 0.3 is 0 Å². The van der Waals surface area contributed by atoms with E-state index in [0.717, 1.165) is 13.0 Å². The summed E-state index contributed by atoms with van der Waals surface area (Å²) in [5.41, 5.74) is 6.07. The van der Waals surface area contributed by atoms with Gasteiger partial charge in [0, 0.05) is 5.54 Å². The molecule has 11 heavy (non-hydrogen) atoms. The fourth-order valence-corrected chi connectivity index (χ4v) is 0.753. The first-order valence-corrected chi connectivity index (χ1v) is 4.30. The van der Waals surface area contributed by atoms with Crippen molar-refractivity contribution < 1.29 is 0 Å². The number of nitrogens with two attached hydrogens (primary N) is 1. The fraction of sp³-hybridized carbons (Fsp3) is 1.00. The predicted octanol–water partition coefficient (Wildman–Crippen LogP) is 1.31. The molecule has 0 aliphatic heterocycles. The lowest BCUT2D eigenvalue weighted by Crippen LogP contribution is -2.43. The van der Waals surface area contributed by atoms with Gasteiger partial charge in [-0.15, -0.1) is 0 Å². The van der Waals surface area contributed by atoms with E-state index in [1.54, 1.807) is 0 Å². The van der Waals surface area contributed by atoms with Crippen molar-refractivity contribution in [1.29, 1.82) is 0 Å². The molecule has 2 heteroatoms. The van der Waals surface area contributed by atoms with E-state index in [1.165, 1.54) is 0 Å². The molecule has 0 aliphatic rings. The third-order valence-corrected chi connectivity index (χ3v) is 2.42.